The number of hydrogen-bond donors (Lipinski definition) is 1. The van der Waals surface area contributed by atoms with Gasteiger partial charge in [0.15, 0.2) is 0 Å². The van der Waals surface area contributed by atoms with Crippen molar-refractivity contribution < 1.29 is 4.92 Å². The van der Waals surface area contributed by atoms with Gasteiger partial charge in [0, 0.05) is 18.7 Å². The van der Waals surface area contributed by atoms with E-state index in [4.69, 9.17) is 5.73 Å². The second-order valence-corrected chi connectivity index (χ2v) is 4.42. The smallest absolute Gasteiger partial charge is 0.279 e. The lowest BCUT2D eigenvalue weighted by molar-refractivity contribution is -0.384. The van der Waals surface area contributed by atoms with Crippen LogP contribution in [0.15, 0.2) is 18.2 Å². The molecule has 0 radical (unpaired) electrons. The molecule has 0 bridgehead atoms. The van der Waals surface area contributed by atoms with Crippen molar-refractivity contribution >= 4 is 11.5 Å². The second kappa shape index (κ2) is 4.72. The van der Waals surface area contributed by atoms with Gasteiger partial charge in [0.1, 0.15) is 11.5 Å². The van der Waals surface area contributed by atoms with E-state index in [9.17, 15) is 10.1 Å². The Bertz CT molecular complexity index is 646. The van der Waals surface area contributed by atoms with Crippen molar-refractivity contribution in [3.8, 4) is 11.3 Å². The lowest BCUT2D eigenvalue weighted by atomic mass is 9.99. The lowest BCUT2D eigenvalue weighted by Gasteiger charge is -2.06. The van der Waals surface area contributed by atoms with Crippen LogP contribution in [0, 0.1) is 17.0 Å². The van der Waals surface area contributed by atoms with Gasteiger partial charge in [-0.05, 0) is 18.9 Å². The Morgan fingerprint density at radius 1 is 1.47 bits per heavy atom. The van der Waals surface area contributed by atoms with Gasteiger partial charge in [-0.15, -0.1) is 0 Å². The van der Waals surface area contributed by atoms with Crippen LogP contribution in [0.3, 0.4) is 0 Å². The fourth-order valence-electron chi connectivity index (χ4n) is 2.24. The number of nitro benzene ring substituents is 1. The van der Waals surface area contributed by atoms with E-state index in [1.165, 1.54) is 6.07 Å². The normalized spacial score (nSPS) is 10.7. The Morgan fingerprint density at radius 2 is 2.16 bits per heavy atom. The predicted octanol–water partition coefficient (Wildman–Crippen LogP) is 2.45. The maximum Gasteiger partial charge on any atom is 0.279 e. The first-order chi connectivity index (χ1) is 8.97. The SMILES string of the molecule is CCc1c(-c2c(C)cccc2[N+](=O)[O-])nn(C)c1N. The first kappa shape index (κ1) is 13.1. The molecule has 0 fully saturated rings. The minimum absolute atomic E-state index is 0.0628. The predicted molar refractivity (Wildman–Crippen MR) is 73.8 cm³/mol. The van der Waals surface area contributed by atoms with E-state index < -0.39 is 0 Å². The highest BCUT2D eigenvalue weighted by Gasteiger charge is 2.23. The van der Waals surface area contributed by atoms with Gasteiger partial charge < -0.3 is 5.73 Å². The molecule has 1 heterocycles. The highest BCUT2D eigenvalue weighted by molar-refractivity contribution is 5.78. The van der Waals surface area contributed by atoms with E-state index in [0.717, 1.165) is 11.1 Å². The molecule has 1 aromatic heterocycles. The molecule has 0 saturated carbocycles. The summed E-state index contributed by atoms with van der Waals surface area (Å²) in [5.74, 6) is 0.551. The lowest BCUT2D eigenvalue weighted by Crippen LogP contribution is -1.98. The number of anilines is 1. The monoisotopic (exact) mass is 260 g/mol. The van der Waals surface area contributed by atoms with Crippen molar-refractivity contribution in [1.29, 1.82) is 0 Å². The van der Waals surface area contributed by atoms with Crippen LogP contribution >= 0.6 is 0 Å². The maximum atomic E-state index is 11.2. The zero-order valence-corrected chi connectivity index (χ0v) is 11.2. The molecule has 2 aromatic rings. The third-order valence-corrected chi connectivity index (χ3v) is 3.23. The summed E-state index contributed by atoms with van der Waals surface area (Å²) in [6.45, 7) is 3.80. The van der Waals surface area contributed by atoms with Gasteiger partial charge in [-0.25, -0.2) is 0 Å². The number of nitro groups is 1. The Balaban J connectivity index is 2.79. The van der Waals surface area contributed by atoms with E-state index in [-0.39, 0.29) is 10.6 Å². The van der Waals surface area contributed by atoms with Crippen molar-refractivity contribution in [2.75, 3.05) is 5.73 Å². The summed E-state index contributed by atoms with van der Waals surface area (Å²) in [6, 6.07) is 5.01. The maximum absolute atomic E-state index is 11.2. The summed E-state index contributed by atoms with van der Waals surface area (Å²) in [6.07, 6.45) is 0.681. The minimum Gasteiger partial charge on any atom is -0.384 e. The van der Waals surface area contributed by atoms with E-state index in [0.29, 0.717) is 23.5 Å². The molecule has 0 aliphatic rings. The summed E-state index contributed by atoms with van der Waals surface area (Å²) in [5, 5.41) is 15.5. The van der Waals surface area contributed by atoms with E-state index >= 15 is 0 Å². The van der Waals surface area contributed by atoms with Crippen LogP contribution in [0.5, 0.6) is 0 Å². The minimum atomic E-state index is -0.382. The molecule has 0 saturated heterocycles. The largest absolute Gasteiger partial charge is 0.384 e. The topological polar surface area (TPSA) is 87.0 Å². The number of nitrogens with zero attached hydrogens (tertiary/aromatic N) is 3. The molecule has 2 rings (SSSR count). The van der Waals surface area contributed by atoms with Crippen molar-refractivity contribution in [3.63, 3.8) is 0 Å². The van der Waals surface area contributed by atoms with E-state index in [1.54, 1.807) is 17.8 Å². The zero-order chi connectivity index (χ0) is 14.2. The molecule has 6 heteroatoms. The Labute approximate surface area is 111 Å². The summed E-state index contributed by atoms with van der Waals surface area (Å²) >= 11 is 0. The van der Waals surface area contributed by atoms with Crippen LogP contribution in [0.4, 0.5) is 11.5 Å². The zero-order valence-electron chi connectivity index (χ0n) is 11.2. The third-order valence-electron chi connectivity index (χ3n) is 3.23. The molecule has 0 amide bonds. The van der Waals surface area contributed by atoms with Crippen LogP contribution in [0.25, 0.3) is 11.3 Å². The molecule has 0 unspecified atom stereocenters. The van der Waals surface area contributed by atoms with E-state index in [2.05, 4.69) is 5.10 Å². The van der Waals surface area contributed by atoms with Crippen molar-refractivity contribution in [3.05, 3.63) is 39.4 Å². The van der Waals surface area contributed by atoms with Gasteiger partial charge in [-0.1, -0.05) is 19.1 Å². The highest BCUT2D eigenvalue weighted by atomic mass is 16.6. The van der Waals surface area contributed by atoms with Crippen LogP contribution in [-0.4, -0.2) is 14.7 Å². The fraction of sp³-hybridized carbons (Fsp3) is 0.308. The summed E-state index contributed by atoms with van der Waals surface area (Å²) in [4.78, 5) is 10.8. The fourth-order valence-corrected chi connectivity index (χ4v) is 2.24. The summed E-state index contributed by atoms with van der Waals surface area (Å²) < 4.78 is 1.56. The van der Waals surface area contributed by atoms with Crippen molar-refractivity contribution in [2.24, 2.45) is 7.05 Å². The Hall–Kier alpha value is -2.37. The van der Waals surface area contributed by atoms with Gasteiger partial charge in [-0.3, -0.25) is 14.8 Å². The number of nitrogens with two attached hydrogens (primary N) is 1. The van der Waals surface area contributed by atoms with Crippen LogP contribution in [0.2, 0.25) is 0 Å². The average Bonchev–Trinajstić information content (AvgIpc) is 2.64. The molecule has 0 atom stereocenters. The number of benzene rings is 1. The Morgan fingerprint density at radius 3 is 2.74 bits per heavy atom. The molecule has 1 aromatic carbocycles. The quantitative estimate of drug-likeness (QED) is 0.678. The third kappa shape index (κ3) is 2.05. The van der Waals surface area contributed by atoms with Gasteiger partial charge in [-0.2, -0.15) is 5.10 Å². The average molecular weight is 260 g/mol. The second-order valence-electron chi connectivity index (χ2n) is 4.42. The van der Waals surface area contributed by atoms with Gasteiger partial charge in [0.25, 0.3) is 5.69 Å². The molecular formula is C13H16N4O2. The molecule has 19 heavy (non-hydrogen) atoms. The molecule has 6 nitrogen and oxygen atoms in total. The standard InChI is InChI=1S/C13H16N4O2/c1-4-9-12(15-16(3)13(9)14)11-8(2)6-5-7-10(11)17(18)19/h5-7H,4,14H2,1-3H3. The van der Waals surface area contributed by atoms with Crippen molar-refractivity contribution in [1.82, 2.24) is 9.78 Å². The number of nitrogen functional groups attached to an aromatic ring is 1. The molecule has 0 aliphatic heterocycles. The van der Waals surface area contributed by atoms with Gasteiger partial charge >= 0.3 is 0 Å². The molecule has 0 spiro atoms. The Kier molecular flexibility index (Phi) is 3.25. The van der Waals surface area contributed by atoms with Gasteiger partial charge in [0.2, 0.25) is 0 Å². The number of rotatable bonds is 3. The van der Waals surface area contributed by atoms with Crippen molar-refractivity contribution in [2.45, 2.75) is 20.3 Å². The number of hydrogen-bond acceptors (Lipinski definition) is 4. The summed E-state index contributed by atoms with van der Waals surface area (Å²) in [7, 11) is 1.74. The molecular weight excluding hydrogens is 244 g/mol. The first-order valence-electron chi connectivity index (χ1n) is 6.03. The summed E-state index contributed by atoms with van der Waals surface area (Å²) in [5.41, 5.74) is 8.85. The molecule has 100 valence electrons. The van der Waals surface area contributed by atoms with Gasteiger partial charge in [0.05, 0.1) is 10.5 Å². The number of aryl methyl sites for hydroxylation is 2. The molecule has 2 N–H and O–H groups in total. The molecule has 0 aliphatic carbocycles. The first-order valence-corrected chi connectivity index (χ1v) is 6.03. The van der Waals surface area contributed by atoms with Crippen LogP contribution < -0.4 is 5.73 Å². The van der Waals surface area contributed by atoms with Crippen LogP contribution in [-0.2, 0) is 13.5 Å². The van der Waals surface area contributed by atoms with E-state index in [1.807, 2.05) is 19.9 Å². The number of aromatic nitrogens is 2. The highest BCUT2D eigenvalue weighted by Crippen LogP contribution is 2.36. The van der Waals surface area contributed by atoms with Crippen LogP contribution in [0.1, 0.15) is 18.1 Å².